The Kier molecular flexibility index (Phi) is 3.52. The molecule has 3 heteroatoms. The van der Waals surface area contributed by atoms with Crippen LogP contribution in [-0.4, -0.2) is 16.8 Å². The van der Waals surface area contributed by atoms with Crippen molar-refractivity contribution < 1.29 is 4.79 Å². The first-order valence-corrected chi connectivity index (χ1v) is 6.19. The maximum Gasteiger partial charge on any atom is 0.259 e. The van der Waals surface area contributed by atoms with Crippen LogP contribution in [0.25, 0.3) is 0 Å². The van der Waals surface area contributed by atoms with E-state index in [9.17, 15) is 4.79 Å². The van der Waals surface area contributed by atoms with Gasteiger partial charge in [0.05, 0.1) is 6.07 Å². The van der Waals surface area contributed by atoms with Gasteiger partial charge in [-0.3, -0.25) is 9.69 Å². The molecular weight excluding hydrogens is 236 g/mol. The third-order valence-corrected chi connectivity index (χ3v) is 3.21. The van der Waals surface area contributed by atoms with Gasteiger partial charge in [-0.05, 0) is 44.1 Å². The molecule has 1 aliphatic heterocycles. The summed E-state index contributed by atoms with van der Waals surface area (Å²) in [5.41, 5.74) is 3.72. The highest BCUT2D eigenvalue weighted by atomic mass is 16.2. The van der Waals surface area contributed by atoms with Gasteiger partial charge in [0.15, 0.2) is 0 Å². The number of benzene rings is 1. The van der Waals surface area contributed by atoms with Gasteiger partial charge < -0.3 is 0 Å². The van der Waals surface area contributed by atoms with Crippen molar-refractivity contribution in [3.05, 3.63) is 58.8 Å². The van der Waals surface area contributed by atoms with E-state index in [0.717, 1.165) is 16.7 Å². The number of nitriles is 1. The molecule has 96 valence electrons. The maximum absolute atomic E-state index is 12.6. The van der Waals surface area contributed by atoms with E-state index in [1.54, 1.807) is 24.4 Å². The van der Waals surface area contributed by atoms with Crippen molar-refractivity contribution in [2.75, 3.05) is 0 Å². The van der Waals surface area contributed by atoms with Gasteiger partial charge in [-0.1, -0.05) is 23.8 Å². The molecule has 0 aromatic heterocycles. The van der Waals surface area contributed by atoms with E-state index in [0.29, 0.717) is 5.56 Å². The van der Waals surface area contributed by atoms with Crippen molar-refractivity contribution in [3.8, 4) is 6.07 Å². The fraction of sp³-hybridized carbons (Fsp3) is 0.250. The summed E-state index contributed by atoms with van der Waals surface area (Å²) in [6.07, 6.45) is 6.93. The van der Waals surface area contributed by atoms with Crippen molar-refractivity contribution in [3.63, 3.8) is 0 Å². The molecule has 2 rings (SSSR count). The summed E-state index contributed by atoms with van der Waals surface area (Å²) in [5.74, 6) is -0.123. The van der Waals surface area contributed by atoms with Gasteiger partial charge >= 0.3 is 0 Å². The monoisotopic (exact) mass is 252 g/mol. The van der Waals surface area contributed by atoms with Crippen LogP contribution in [0.3, 0.4) is 0 Å². The van der Waals surface area contributed by atoms with Crippen molar-refractivity contribution in [1.82, 2.24) is 4.90 Å². The molecular formula is C16H16N2O. The summed E-state index contributed by atoms with van der Waals surface area (Å²) < 4.78 is 0. The number of hydrogen-bond acceptors (Lipinski definition) is 2. The van der Waals surface area contributed by atoms with Crippen LogP contribution in [0, 0.1) is 32.1 Å². The smallest absolute Gasteiger partial charge is 0.259 e. The van der Waals surface area contributed by atoms with Gasteiger partial charge in [-0.2, -0.15) is 5.26 Å². The minimum atomic E-state index is -0.530. The molecule has 1 unspecified atom stereocenters. The molecule has 0 saturated carbocycles. The predicted octanol–water partition coefficient (Wildman–Crippen LogP) is 3.03. The molecule has 1 aromatic rings. The summed E-state index contributed by atoms with van der Waals surface area (Å²) in [5, 5.41) is 9.11. The summed E-state index contributed by atoms with van der Waals surface area (Å²) in [6, 6.07) is 5.57. The molecule has 1 amide bonds. The zero-order valence-corrected chi connectivity index (χ0v) is 11.3. The van der Waals surface area contributed by atoms with E-state index in [1.807, 2.05) is 32.9 Å². The Morgan fingerprint density at radius 2 is 1.84 bits per heavy atom. The highest BCUT2D eigenvalue weighted by Crippen LogP contribution is 2.21. The van der Waals surface area contributed by atoms with Crippen LogP contribution >= 0.6 is 0 Å². The molecule has 1 heterocycles. The standard InChI is InChI=1S/C16H16N2O/c1-11-8-12(2)15(13(3)9-11)16(19)18-7-5-4-6-14(18)10-17/h4-9,14H,1-3H3. The van der Waals surface area contributed by atoms with E-state index in [-0.39, 0.29) is 5.91 Å². The Hall–Kier alpha value is -2.34. The summed E-state index contributed by atoms with van der Waals surface area (Å²) >= 11 is 0. The molecule has 0 bridgehead atoms. The van der Waals surface area contributed by atoms with Gasteiger partial charge in [0.25, 0.3) is 5.91 Å². The number of nitrogens with zero attached hydrogens (tertiary/aromatic N) is 2. The topological polar surface area (TPSA) is 44.1 Å². The number of allylic oxidation sites excluding steroid dienone is 2. The lowest BCUT2D eigenvalue weighted by Crippen LogP contribution is -2.35. The Morgan fingerprint density at radius 3 is 2.42 bits per heavy atom. The predicted molar refractivity (Wildman–Crippen MR) is 74.5 cm³/mol. The van der Waals surface area contributed by atoms with Gasteiger partial charge in [0.2, 0.25) is 0 Å². The average molecular weight is 252 g/mol. The molecule has 3 nitrogen and oxygen atoms in total. The van der Waals surface area contributed by atoms with Crippen LogP contribution in [-0.2, 0) is 0 Å². The Bertz CT molecular complexity index is 597. The van der Waals surface area contributed by atoms with Gasteiger partial charge in [-0.15, -0.1) is 0 Å². The van der Waals surface area contributed by atoms with Crippen LogP contribution in [0.15, 0.2) is 36.6 Å². The molecule has 0 radical (unpaired) electrons. The molecule has 0 spiro atoms. The van der Waals surface area contributed by atoms with E-state index in [2.05, 4.69) is 6.07 Å². The SMILES string of the molecule is Cc1cc(C)c(C(=O)N2C=CC=CC2C#N)c(C)c1. The quantitative estimate of drug-likeness (QED) is 0.771. The largest absolute Gasteiger partial charge is 0.295 e. The zero-order valence-electron chi connectivity index (χ0n) is 11.3. The van der Waals surface area contributed by atoms with Gasteiger partial charge in [-0.25, -0.2) is 0 Å². The van der Waals surface area contributed by atoms with E-state index < -0.39 is 6.04 Å². The first kappa shape index (κ1) is 13.1. The normalized spacial score (nSPS) is 17.4. The minimum Gasteiger partial charge on any atom is -0.295 e. The first-order chi connectivity index (χ1) is 9.04. The molecule has 0 N–H and O–H groups in total. The molecule has 1 aliphatic rings. The van der Waals surface area contributed by atoms with Crippen LogP contribution in [0.2, 0.25) is 0 Å². The third kappa shape index (κ3) is 2.43. The number of carbonyl (C=O) groups excluding carboxylic acids is 1. The van der Waals surface area contributed by atoms with Crippen LogP contribution in [0.5, 0.6) is 0 Å². The first-order valence-electron chi connectivity index (χ1n) is 6.19. The lowest BCUT2D eigenvalue weighted by atomic mass is 9.98. The molecule has 0 fully saturated rings. The van der Waals surface area contributed by atoms with E-state index in [4.69, 9.17) is 5.26 Å². The number of rotatable bonds is 1. The average Bonchev–Trinajstić information content (AvgIpc) is 2.37. The third-order valence-electron chi connectivity index (χ3n) is 3.21. The van der Waals surface area contributed by atoms with Crippen molar-refractivity contribution in [1.29, 1.82) is 5.26 Å². The van der Waals surface area contributed by atoms with Gasteiger partial charge in [0.1, 0.15) is 6.04 Å². The molecule has 1 atom stereocenters. The van der Waals surface area contributed by atoms with Crippen LogP contribution < -0.4 is 0 Å². The van der Waals surface area contributed by atoms with Crippen molar-refractivity contribution in [2.45, 2.75) is 26.8 Å². The second kappa shape index (κ2) is 5.11. The lowest BCUT2D eigenvalue weighted by molar-refractivity contribution is 0.0810. The summed E-state index contributed by atoms with van der Waals surface area (Å²) in [4.78, 5) is 14.1. The summed E-state index contributed by atoms with van der Waals surface area (Å²) in [6.45, 7) is 5.87. The Labute approximate surface area is 113 Å². The van der Waals surface area contributed by atoms with Crippen LogP contribution in [0.4, 0.5) is 0 Å². The number of hydrogen-bond donors (Lipinski definition) is 0. The van der Waals surface area contributed by atoms with E-state index >= 15 is 0 Å². The second-order valence-corrected chi connectivity index (χ2v) is 4.79. The zero-order chi connectivity index (χ0) is 14.0. The number of amides is 1. The van der Waals surface area contributed by atoms with Crippen LogP contribution in [0.1, 0.15) is 27.0 Å². The molecule has 19 heavy (non-hydrogen) atoms. The second-order valence-electron chi connectivity index (χ2n) is 4.79. The molecule has 0 saturated heterocycles. The highest BCUT2D eigenvalue weighted by molar-refractivity contribution is 5.98. The number of aryl methyl sites for hydroxylation is 3. The number of carbonyl (C=O) groups is 1. The molecule has 0 aliphatic carbocycles. The highest BCUT2D eigenvalue weighted by Gasteiger charge is 2.24. The molecule has 1 aromatic carbocycles. The fourth-order valence-electron chi connectivity index (χ4n) is 2.44. The van der Waals surface area contributed by atoms with Gasteiger partial charge in [0, 0.05) is 11.8 Å². The van der Waals surface area contributed by atoms with E-state index in [1.165, 1.54) is 4.90 Å². The summed E-state index contributed by atoms with van der Waals surface area (Å²) in [7, 11) is 0. The Morgan fingerprint density at radius 1 is 1.21 bits per heavy atom. The lowest BCUT2D eigenvalue weighted by Gasteiger charge is -2.25. The van der Waals surface area contributed by atoms with Crippen molar-refractivity contribution >= 4 is 5.91 Å². The Balaban J connectivity index is 2.43. The minimum absolute atomic E-state index is 0.123. The van der Waals surface area contributed by atoms with Crippen molar-refractivity contribution in [2.24, 2.45) is 0 Å². The maximum atomic E-state index is 12.6. The fourth-order valence-corrected chi connectivity index (χ4v) is 2.44.